The van der Waals surface area contributed by atoms with Gasteiger partial charge in [-0.3, -0.25) is 0 Å². The standard InChI is InChI=1S/C11H16N2O2/c1-13-4-5-15-11-3-2-8(6-9(11)13)10(14)7-12/h2-3,6,10,14H,4-5,7,12H2,1H3/t10-/m1/s1. The minimum atomic E-state index is -0.592. The summed E-state index contributed by atoms with van der Waals surface area (Å²) in [6.07, 6.45) is -0.592. The molecule has 1 aliphatic heterocycles. The number of nitrogens with zero attached hydrogens (tertiary/aromatic N) is 1. The largest absolute Gasteiger partial charge is 0.490 e. The molecule has 1 aromatic carbocycles. The van der Waals surface area contributed by atoms with E-state index in [2.05, 4.69) is 4.90 Å². The summed E-state index contributed by atoms with van der Waals surface area (Å²) in [6, 6.07) is 5.68. The van der Waals surface area contributed by atoms with E-state index >= 15 is 0 Å². The van der Waals surface area contributed by atoms with Crippen molar-refractivity contribution in [3.05, 3.63) is 23.8 Å². The third-order valence-corrected chi connectivity index (χ3v) is 2.69. The van der Waals surface area contributed by atoms with Crippen LogP contribution in [0.2, 0.25) is 0 Å². The van der Waals surface area contributed by atoms with Gasteiger partial charge in [-0.25, -0.2) is 0 Å². The first-order chi connectivity index (χ1) is 7.22. The maximum Gasteiger partial charge on any atom is 0.142 e. The smallest absolute Gasteiger partial charge is 0.142 e. The molecule has 0 aliphatic carbocycles. The molecule has 4 nitrogen and oxygen atoms in total. The van der Waals surface area contributed by atoms with Gasteiger partial charge in [0.2, 0.25) is 0 Å². The van der Waals surface area contributed by atoms with E-state index in [9.17, 15) is 5.11 Å². The zero-order chi connectivity index (χ0) is 10.8. The molecular formula is C11H16N2O2. The van der Waals surface area contributed by atoms with Crippen molar-refractivity contribution in [3.8, 4) is 5.75 Å². The van der Waals surface area contributed by atoms with Crippen LogP contribution in [-0.4, -0.2) is 31.9 Å². The Labute approximate surface area is 89.3 Å². The summed E-state index contributed by atoms with van der Waals surface area (Å²) >= 11 is 0. The van der Waals surface area contributed by atoms with Crippen LogP contribution < -0.4 is 15.4 Å². The number of ether oxygens (including phenoxy) is 1. The Morgan fingerprint density at radius 2 is 2.40 bits per heavy atom. The molecule has 1 aliphatic rings. The van der Waals surface area contributed by atoms with Gasteiger partial charge >= 0.3 is 0 Å². The molecule has 1 aromatic rings. The van der Waals surface area contributed by atoms with Gasteiger partial charge in [0.15, 0.2) is 0 Å². The number of hydrogen-bond acceptors (Lipinski definition) is 4. The topological polar surface area (TPSA) is 58.7 Å². The molecule has 0 radical (unpaired) electrons. The van der Waals surface area contributed by atoms with Crippen LogP contribution in [0.25, 0.3) is 0 Å². The van der Waals surface area contributed by atoms with E-state index in [0.717, 1.165) is 23.5 Å². The van der Waals surface area contributed by atoms with Crippen molar-refractivity contribution >= 4 is 5.69 Å². The van der Waals surface area contributed by atoms with E-state index in [4.69, 9.17) is 10.5 Å². The predicted octanol–water partition coefficient (Wildman–Crippen LogP) is 0.507. The predicted molar refractivity (Wildman–Crippen MR) is 59.2 cm³/mol. The highest BCUT2D eigenvalue weighted by Gasteiger charge is 2.16. The summed E-state index contributed by atoms with van der Waals surface area (Å²) in [7, 11) is 2.01. The van der Waals surface area contributed by atoms with E-state index in [1.54, 1.807) is 0 Å². The zero-order valence-corrected chi connectivity index (χ0v) is 8.81. The molecule has 3 N–H and O–H groups in total. The van der Waals surface area contributed by atoms with Gasteiger partial charge in [-0.05, 0) is 17.7 Å². The quantitative estimate of drug-likeness (QED) is 0.743. The molecule has 0 amide bonds. The maximum absolute atomic E-state index is 9.63. The van der Waals surface area contributed by atoms with E-state index in [1.165, 1.54) is 0 Å². The summed E-state index contributed by atoms with van der Waals surface area (Å²) in [5, 5.41) is 9.63. The van der Waals surface area contributed by atoms with Crippen molar-refractivity contribution in [1.29, 1.82) is 0 Å². The molecule has 0 aromatic heterocycles. The number of aliphatic hydroxyl groups excluding tert-OH is 1. The van der Waals surface area contributed by atoms with Crippen molar-refractivity contribution in [2.24, 2.45) is 5.73 Å². The first-order valence-corrected chi connectivity index (χ1v) is 5.08. The van der Waals surface area contributed by atoms with Crippen LogP contribution in [0, 0.1) is 0 Å². The van der Waals surface area contributed by atoms with Crippen LogP contribution in [0.1, 0.15) is 11.7 Å². The van der Waals surface area contributed by atoms with Crippen LogP contribution in [0.5, 0.6) is 5.75 Å². The molecule has 82 valence electrons. The van der Waals surface area contributed by atoms with Crippen LogP contribution >= 0.6 is 0 Å². The Hall–Kier alpha value is -1.26. The fourth-order valence-electron chi connectivity index (χ4n) is 1.71. The van der Waals surface area contributed by atoms with E-state index in [0.29, 0.717) is 6.61 Å². The highest BCUT2D eigenvalue weighted by atomic mass is 16.5. The third kappa shape index (κ3) is 1.91. The van der Waals surface area contributed by atoms with E-state index < -0.39 is 6.10 Å². The van der Waals surface area contributed by atoms with Gasteiger partial charge in [-0.2, -0.15) is 0 Å². The Morgan fingerprint density at radius 1 is 1.60 bits per heavy atom. The van der Waals surface area contributed by atoms with Crippen molar-refractivity contribution in [2.45, 2.75) is 6.10 Å². The fraction of sp³-hybridized carbons (Fsp3) is 0.455. The number of aliphatic hydroxyl groups is 1. The van der Waals surface area contributed by atoms with Gasteiger partial charge in [-0.1, -0.05) is 6.07 Å². The second kappa shape index (κ2) is 4.08. The number of rotatable bonds is 2. The summed E-state index contributed by atoms with van der Waals surface area (Å²) in [5.41, 5.74) is 7.28. The molecule has 0 saturated heterocycles. The number of nitrogens with two attached hydrogens (primary N) is 1. The van der Waals surface area contributed by atoms with Gasteiger partial charge in [0.25, 0.3) is 0 Å². The molecule has 0 saturated carbocycles. The minimum absolute atomic E-state index is 0.239. The molecule has 4 heteroatoms. The van der Waals surface area contributed by atoms with Crippen molar-refractivity contribution in [3.63, 3.8) is 0 Å². The van der Waals surface area contributed by atoms with Gasteiger partial charge in [-0.15, -0.1) is 0 Å². The maximum atomic E-state index is 9.63. The van der Waals surface area contributed by atoms with Crippen molar-refractivity contribution < 1.29 is 9.84 Å². The van der Waals surface area contributed by atoms with Gasteiger partial charge in [0.1, 0.15) is 12.4 Å². The summed E-state index contributed by atoms with van der Waals surface area (Å²) in [6.45, 7) is 1.82. The highest BCUT2D eigenvalue weighted by molar-refractivity contribution is 5.61. The molecule has 0 bridgehead atoms. The van der Waals surface area contributed by atoms with Crippen LogP contribution in [-0.2, 0) is 0 Å². The Kier molecular flexibility index (Phi) is 2.79. The third-order valence-electron chi connectivity index (χ3n) is 2.69. The molecule has 2 rings (SSSR count). The minimum Gasteiger partial charge on any atom is -0.490 e. The van der Waals surface area contributed by atoms with Crippen LogP contribution in [0.3, 0.4) is 0 Å². The lowest BCUT2D eigenvalue weighted by Crippen LogP contribution is -2.29. The van der Waals surface area contributed by atoms with Gasteiger partial charge in [0.05, 0.1) is 18.3 Å². The van der Waals surface area contributed by atoms with Crippen LogP contribution in [0.15, 0.2) is 18.2 Å². The van der Waals surface area contributed by atoms with Gasteiger partial charge < -0.3 is 20.5 Å². The monoisotopic (exact) mass is 208 g/mol. The number of likely N-dealkylation sites (N-methyl/N-ethyl adjacent to an activating group) is 1. The first-order valence-electron chi connectivity index (χ1n) is 5.08. The molecular weight excluding hydrogens is 192 g/mol. The van der Waals surface area contributed by atoms with E-state index in [-0.39, 0.29) is 6.54 Å². The summed E-state index contributed by atoms with van der Waals surface area (Å²) in [4.78, 5) is 2.12. The number of hydrogen-bond donors (Lipinski definition) is 2. The lowest BCUT2D eigenvalue weighted by molar-refractivity contribution is 0.186. The molecule has 0 spiro atoms. The Morgan fingerprint density at radius 3 is 3.13 bits per heavy atom. The first kappa shape index (κ1) is 10.3. The fourth-order valence-corrected chi connectivity index (χ4v) is 1.71. The summed E-state index contributed by atoms with van der Waals surface area (Å²) in [5.74, 6) is 0.872. The number of anilines is 1. The van der Waals surface area contributed by atoms with Gasteiger partial charge in [0, 0.05) is 13.6 Å². The average molecular weight is 208 g/mol. The van der Waals surface area contributed by atoms with Crippen LogP contribution in [0.4, 0.5) is 5.69 Å². The zero-order valence-electron chi connectivity index (χ0n) is 8.81. The second-order valence-electron chi connectivity index (χ2n) is 3.75. The number of fused-ring (bicyclic) bond motifs is 1. The van der Waals surface area contributed by atoms with E-state index in [1.807, 2.05) is 25.2 Å². The highest BCUT2D eigenvalue weighted by Crippen LogP contribution is 2.32. The SMILES string of the molecule is CN1CCOc2ccc([C@H](O)CN)cc21. The average Bonchev–Trinajstić information content (AvgIpc) is 2.28. The molecule has 1 heterocycles. The lowest BCUT2D eigenvalue weighted by atomic mass is 10.1. The summed E-state index contributed by atoms with van der Waals surface area (Å²) < 4.78 is 5.51. The molecule has 0 unspecified atom stereocenters. The lowest BCUT2D eigenvalue weighted by Gasteiger charge is -2.28. The molecule has 0 fully saturated rings. The molecule has 1 atom stereocenters. The second-order valence-corrected chi connectivity index (χ2v) is 3.75. The van der Waals surface area contributed by atoms with Crippen molar-refractivity contribution in [2.75, 3.05) is 31.6 Å². The normalized spacial score (nSPS) is 16.9. The number of benzene rings is 1. The van der Waals surface area contributed by atoms with Crippen molar-refractivity contribution in [1.82, 2.24) is 0 Å². The molecule has 15 heavy (non-hydrogen) atoms. The Bertz CT molecular complexity index is 354. The Balaban J connectivity index is 2.35.